The number of ether oxygens (including phenoxy) is 2. The molecule has 0 aromatic heterocycles. The highest BCUT2D eigenvalue weighted by Crippen LogP contribution is 2.34. The zero-order chi connectivity index (χ0) is 24.0. The predicted molar refractivity (Wildman–Crippen MR) is 132 cm³/mol. The van der Waals surface area contributed by atoms with Crippen LogP contribution in [0.4, 0.5) is 5.69 Å². The van der Waals surface area contributed by atoms with Crippen molar-refractivity contribution in [1.29, 1.82) is 5.26 Å². The summed E-state index contributed by atoms with van der Waals surface area (Å²) < 4.78 is 11.4. The smallest absolute Gasteiger partial charge is 0.266 e. The Bertz CT molecular complexity index is 1270. The van der Waals surface area contributed by atoms with Gasteiger partial charge in [0.25, 0.3) is 5.91 Å². The second-order valence-electron chi connectivity index (χ2n) is 6.66. The number of carbonyl (C=O) groups is 1. The SMILES string of the molecule is COc1cccc(/C=C(\C#N)C(=O)Nc2ccc(Cl)c(Cl)c2)c1OCc1ccc(Cl)cc1Cl. The highest BCUT2D eigenvalue weighted by molar-refractivity contribution is 6.42. The van der Waals surface area contributed by atoms with Gasteiger partial charge in [-0.2, -0.15) is 5.26 Å². The van der Waals surface area contributed by atoms with Crippen molar-refractivity contribution in [3.63, 3.8) is 0 Å². The van der Waals surface area contributed by atoms with E-state index in [4.69, 9.17) is 55.9 Å². The van der Waals surface area contributed by atoms with Crippen LogP contribution >= 0.6 is 46.4 Å². The molecule has 0 saturated carbocycles. The van der Waals surface area contributed by atoms with Crippen LogP contribution in [0.25, 0.3) is 6.08 Å². The monoisotopic (exact) mass is 520 g/mol. The van der Waals surface area contributed by atoms with Crippen LogP contribution in [-0.4, -0.2) is 13.0 Å². The summed E-state index contributed by atoms with van der Waals surface area (Å²) in [6.45, 7) is 0.120. The molecule has 0 aliphatic heterocycles. The summed E-state index contributed by atoms with van der Waals surface area (Å²) in [6, 6.07) is 16.7. The number of amides is 1. The second-order valence-corrected chi connectivity index (χ2v) is 8.31. The van der Waals surface area contributed by atoms with E-state index in [2.05, 4.69) is 5.32 Å². The summed E-state index contributed by atoms with van der Waals surface area (Å²) >= 11 is 24.1. The van der Waals surface area contributed by atoms with Gasteiger partial charge in [0, 0.05) is 26.9 Å². The van der Waals surface area contributed by atoms with E-state index in [0.717, 1.165) is 0 Å². The zero-order valence-corrected chi connectivity index (χ0v) is 20.2. The molecule has 9 heteroatoms. The molecule has 0 heterocycles. The molecule has 0 bridgehead atoms. The third kappa shape index (κ3) is 6.34. The summed E-state index contributed by atoms with van der Waals surface area (Å²) in [4.78, 5) is 12.7. The molecule has 5 nitrogen and oxygen atoms in total. The molecule has 1 amide bonds. The van der Waals surface area contributed by atoms with Gasteiger partial charge in [-0.1, -0.05) is 64.6 Å². The van der Waals surface area contributed by atoms with Crippen molar-refractivity contribution >= 4 is 64.1 Å². The Morgan fingerprint density at radius 1 is 1.03 bits per heavy atom. The first kappa shape index (κ1) is 24.8. The van der Waals surface area contributed by atoms with Crippen LogP contribution < -0.4 is 14.8 Å². The van der Waals surface area contributed by atoms with E-state index in [1.165, 1.54) is 19.3 Å². The van der Waals surface area contributed by atoms with Crippen LogP contribution in [0, 0.1) is 11.3 Å². The van der Waals surface area contributed by atoms with Crippen molar-refractivity contribution in [3.05, 3.63) is 91.4 Å². The average molecular weight is 522 g/mol. The van der Waals surface area contributed by atoms with Gasteiger partial charge in [-0.3, -0.25) is 4.79 Å². The molecule has 0 unspecified atom stereocenters. The Morgan fingerprint density at radius 3 is 2.48 bits per heavy atom. The van der Waals surface area contributed by atoms with Gasteiger partial charge in [-0.15, -0.1) is 0 Å². The number of benzene rings is 3. The Hall–Kier alpha value is -2.88. The standard InChI is InChI=1S/C24H16Cl4N2O3/c1-32-22-4-2-3-14(23(22)33-13-15-5-6-17(25)10-20(15)27)9-16(12-29)24(31)30-18-7-8-19(26)21(28)11-18/h2-11H,13H2,1H3,(H,30,31)/b16-9+. The van der Waals surface area contributed by atoms with Crippen molar-refractivity contribution in [2.45, 2.75) is 6.61 Å². The molecule has 3 aromatic rings. The van der Waals surface area contributed by atoms with E-state index < -0.39 is 5.91 Å². The van der Waals surface area contributed by atoms with Gasteiger partial charge in [0.05, 0.1) is 17.2 Å². The lowest BCUT2D eigenvalue weighted by molar-refractivity contribution is -0.112. The van der Waals surface area contributed by atoms with Crippen molar-refractivity contribution in [1.82, 2.24) is 0 Å². The van der Waals surface area contributed by atoms with Crippen LogP contribution in [0.3, 0.4) is 0 Å². The van der Waals surface area contributed by atoms with E-state index in [0.29, 0.717) is 43.4 Å². The van der Waals surface area contributed by atoms with Crippen molar-refractivity contribution < 1.29 is 14.3 Å². The molecule has 3 rings (SSSR count). The molecular weight excluding hydrogens is 506 g/mol. The molecule has 33 heavy (non-hydrogen) atoms. The molecule has 168 valence electrons. The molecule has 0 aliphatic rings. The molecule has 3 aromatic carbocycles. The average Bonchev–Trinajstić information content (AvgIpc) is 2.79. The maximum absolute atomic E-state index is 12.7. The zero-order valence-electron chi connectivity index (χ0n) is 17.2. The lowest BCUT2D eigenvalue weighted by Gasteiger charge is -2.14. The minimum atomic E-state index is -0.620. The maximum Gasteiger partial charge on any atom is 0.266 e. The van der Waals surface area contributed by atoms with Crippen LogP contribution in [-0.2, 0) is 11.4 Å². The number of anilines is 1. The van der Waals surface area contributed by atoms with Crippen LogP contribution in [0.15, 0.2) is 60.2 Å². The third-order valence-electron chi connectivity index (χ3n) is 4.46. The third-order valence-corrected chi connectivity index (χ3v) is 5.78. The van der Waals surface area contributed by atoms with Crippen molar-refractivity contribution in [2.75, 3.05) is 12.4 Å². The largest absolute Gasteiger partial charge is 0.493 e. The number of methoxy groups -OCH3 is 1. The maximum atomic E-state index is 12.7. The summed E-state index contributed by atoms with van der Waals surface area (Å²) in [7, 11) is 1.49. The van der Waals surface area contributed by atoms with Gasteiger partial charge in [0.1, 0.15) is 18.2 Å². The molecule has 0 fully saturated rings. The van der Waals surface area contributed by atoms with Crippen LogP contribution in [0.5, 0.6) is 11.5 Å². The number of carbonyl (C=O) groups excluding carboxylic acids is 1. The minimum Gasteiger partial charge on any atom is -0.493 e. The van der Waals surface area contributed by atoms with Gasteiger partial charge in [-0.05, 0) is 42.5 Å². The summed E-state index contributed by atoms with van der Waals surface area (Å²) in [5, 5.41) is 13.8. The number of nitriles is 1. The van der Waals surface area contributed by atoms with Crippen molar-refractivity contribution in [3.8, 4) is 17.6 Å². The highest BCUT2D eigenvalue weighted by atomic mass is 35.5. The number of para-hydroxylation sites is 1. The normalized spacial score (nSPS) is 11.0. The minimum absolute atomic E-state index is 0.120. The van der Waals surface area contributed by atoms with Gasteiger partial charge >= 0.3 is 0 Å². The number of hydrogen-bond donors (Lipinski definition) is 1. The number of halogens is 4. The van der Waals surface area contributed by atoms with Crippen LogP contribution in [0.1, 0.15) is 11.1 Å². The Morgan fingerprint density at radius 2 is 1.82 bits per heavy atom. The van der Waals surface area contributed by atoms with E-state index in [1.54, 1.807) is 48.5 Å². The second kappa shape index (κ2) is 11.3. The summed E-state index contributed by atoms with van der Waals surface area (Å²) in [6.07, 6.45) is 1.41. The predicted octanol–water partition coefficient (Wildman–Crippen LogP) is 7.43. The Labute approximate surface area is 211 Å². The van der Waals surface area contributed by atoms with Gasteiger partial charge in [0.15, 0.2) is 11.5 Å². The first-order chi connectivity index (χ1) is 15.8. The van der Waals surface area contributed by atoms with Crippen LogP contribution in [0.2, 0.25) is 20.1 Å². The van der Waals surface area contributed by atoms with E-state index in [-0.39, 0.29) is 17.2 Å². The quantitative estimate of drug-likeness (QED) is 0.259. The Balaban J connectivity index is 1.89. The first-order valence-electron chi connectivity index (χ1n) is 9.44. The fraction of sp³-hybridized carbons (Fsp3) is 0.0833. The van der Waals surface area contributed by atoms with Gasteiger partial charge < -0.3 is 14.8 Å². The molecule has 1 N–H and O–H groups in total. The number of nitrogens with one attached hydrogen (secondary N) is 1. The van der Waals surface area contributed by atoms with E-state index >= 15 is 0 Å². The number of nitrogens with zero attached hydrogens (tertiary/aromatic N) is 1. The summed E-state index contributed by atoms with van der Waals surface area (Å²) in [5.41, 5.74) is 1.43. The summed E-state index contributed by atoms with van der Waals surface area (Å²) in [5.74, 6) is 0.155. The molecular formula is C24H16Cl4N2O3. The van der Waals surface area contributed by atoms with Gasteiger partial charge in [0.2, 0.25) is 0 Å². The fourth-order valence-electron chi connectivity index (χ4n) is 2.83. The lowest BCUT2D eigenvalue weighted by atomic mass is 10.1. The van der Waals surface area contributed by atoms with Gasteiger partial charge in [-0.25, -0.2) is 0 Å². The molecule has 0 saturated heterocycles. The molecule has 0 aliphatic carbocycles. The number of hydrogen-bond acceptors (Lipinski definition) is 4. The van der Waals surface area contributed by atoms with E-state index in [1.807, 2.05) is 6.07 Å². The fourth-order valence-corrected chi connectivity index (χ4v) is 3.59. The topological polar surface area (TPSA) is 71.3 Å². The van der Waals surface area contributed by atoms with E-state index in [9.17, 15) is 10.1 Å². The first-order valence-corrected chi connectivity index (χ1v) is 11.0. The van der Waals surface area contributed by atoms with Crippen molar-refractivity contribution in [2.24, 2.45) is 0 Å². The highest BCUT2D eigenvalue weighted by Gasteiger charge is 2.15. The lowest BCUT2D eigenvalue weighted by Crippen LogP contribution is -2.13. The molecule has 0 spiro atoms. The number of rotatable bonds is 7. The Kier molecular flexibility index (Phi) is 8.49. The molecule has 0 atom stereocenters. The molecule has 0 radical (unpaired) electrons.